The number of ether oxygens (including phenoxy) is 1. The molecule has 4 N–H and O–H groups in total. The molecule has 1 amide bonds. The average Bonchev–Trinajstić information content (AvgIpc) is 2.64. The zero-order valence-corrected chi connectivity index (χ0v) is 13.8. The highest BCUT2D eigenvalue weighted by molar-refractivity contribution is 8.00. The summed E-state index contributed by atoms with van der Waals surface area (Å²) in [7, 11) is 0. The molecule has 0 aliphatic carbocycles. The van der Waals surface area contributed by atoms with Crippen LogP contribution in [0.25, 0.3) is 0 Å². The van der Waals surface area contributed by atoms with Gasteiger partial charge in [-0.2, -0.15) is 0 Å². The zero-order valence-electron chi connectivity index (χ0n) is 13.0. The molecule has 9 heteroatoms. The molecule has 8 nitrogen and oxygen atoms in total. The molecule has 2 aliphatic heterocycles. The van der Waals surface area contributed by atoms with Crippen LogP contribution in [0.3, 0.4) is 0 Å². The number of carbonyl (C=O) groups is 3. The summed E-state index contributed by atoms with van der Waals surface area (Å²) in [4.78, 5) is 36.5. The number of carboxylic acids is 1. The van der Waals surface area contributed by atoms with Gasteiger partial charge in [0.1, 0.15) is 23.7 Å². The molecular formula is C16H16N2O6S. The van der Waals surface area contributed by atoms with E-state index < -0.39 is 35.4 Å². The highest BCUT2D eigenvalue weighted by atomic mass is 32.2. The van der Waals surface area contributed by atoms with E-state index in [4.69, 9.17) is 10.5 Å². The number of benzene rings is 1. The highest BCUT2D eigenvalue weighted by Crippen LogP contribution is 2.39. The Balaban J connectivity index is 1.72. The minimum Gasteiger partial charge on any atom is -0.477 e. The lowest BCUT2D eigenvalue weighted by Crippen LogP contribution is -2.68. The van der Waals surface area contributed by atoms with Crippen molar-refractivity contribution in [3.05, 3.63) is 47.2 Å². The number of aliphatic hydroxyl groups is 1. The summed E-state index contributed by atoms with van der Waals surface area (Å²) in [5.41, 5.74) is 6.14. The van der Waals surface area contributed by atoms with Crippen LogP contribution < -0.4 is 5.73 Å². The number of fused-ring (bicyclic) bond motifs is 1. The number of aliphatic carboxylic acids is 1. The summed E-state index contributed by atoms with van der Waals surface area (Å²) < 4.78 is 5.06. The number of carboxylic acid groups (broad SMARTS) is 1. The molecule has 1 fully saturated rings. The number of hydrogen-bond acceptors (Lipinski definition) is 7. The van der Waals surface area contributed by atoms with Gasteiger partial charge in [0.25, 0.3) is 0 Å². The zero-order chi connectivity index (χ0) is 18.1. The van der Waals surface area contributed by atoms with Crippen molar-refractivity contribution in [3.8, 4) is 0 Å². The summed E-state index contributed by atoms with van der Waals surface area (Å²) in [6.45, 7) is -0.316. The van der Waals surface area contributed by atoms with Gasteiger partial charge in [-0.3, -0.25) is 9.69 Å². The number of nitrogens with zero attached hydrogens (tertiary/aromatic N) is 1. The minimum absolute atomic E-state index is 0.197. The predicted octanol–water partition coefficient (Wildman–Crippen LogP) is -0.156. The lowest BCUT2D eigenvalue weighted by atomic mass is 10.0. The van der Waals surface area contributed by atoms with Crippen LogP contribution in [-0.2, 0) is 19.1 Å². The first-order valence-corrected chi connectivity index (χ1v) is 8.52. The largest absolute Gasteiger partial charge is 0.477 e. The van der Waals surface area contributed by atoms with Crippen molar-refractivity contribution in [3.63, 3.8) is 0 Å². The second kappa shape index (κ2) is 6.87. The van der Waals surface area contributed by atoms with E-state index in [2.05, 4.69) is 0 Å². The Morgan fingerprint density at radius 1 is 1.36 bits per heavy atom. The average molecular weight is 364 g/mol. The molecule has 0 aromatic heterocycles. The molecule has 25 heavy (non-hydrogen) atoms. The number of hydrogen-bond donors (Lipinski definition) is 3. The van der Waals surface area contributed by atoms with Crippen LogP contribution in [0.4, 0.5) is 0 Å². The molecule has 1 unspecified atom stereocenters. The van der Waals surface area contributed by atoms with Gasteiger partial charge in [0, 0.05) is 11.3 Å². The fourth-order valence-electron chi connectivity index (χ4n) is 2.70. The molecule has 0 radical (unpaired) electrons. The molecule has 3 atom stereocenters. The third kappa shape index (κ3) is 3.13. The Bertz CT molecular complexity index is 750. The maximum Gasteiger partial charge on any atom is 0.352 e. The Kier molecular flexibility index (Phi) is 4.80. The van der Waals surface area contributed by atoms with E-state index in [1.165, 1.54) is 11.8 Å². The van der Waals surface area contributed by atoms with E-state index in [9.17, 15) is 24.6 Å². The molecule has 132 valence electrons. The third-order valence-electron chi connectivity index (χ3n) is 4.02. The maximum atomic E-state index is 12.0. The Labute approximate surface area is 147 Å². The Morgan fingerprint density at radius 2 is 2.04 bits per heavy atom. The number of aliphatic hydroxyl groups excluding tert-OH is 1. The van der Waals surface area contributed by atoms with E-state index in [1.54, 1.807) is 30.3 Å². The van der Waals surface area contributed by atoms with E-state index in [-0.39, 0.29) is 18.1 Å². The Morgan fingerprint density at radius 3 is 2.68 bits per heavy atom. The van der Waals surface area contributed by atoms with Crippen LogP contribution in [0.15, 0.2) is 41.6 Å². The number of esters is 1. The van der Waals surface area contributed by atoms with Crippen molar-refractivity contribution in [1.82, 2.24) is 4.90 Å². The normalized spacial score (nSPS) is 23.6. The van der Waals surface area contributed by atoms with Crippen LogP contribution in [-0.4, -0.2) is 56.7 Å². The van der Waals surface area contributed by atoms with Crippen molar-refractivity contribution in [2.45, 2.75) is 17.5 Å². The van der Waals surface area contributed by atoms with Gasteiger partial charge < -0.3 is 20.7 Å². The molecule has 0 spiro atoms. The molecule has 3 rings (SSSR count). The van der Waals surface area contributed by atoms with Gasteiger partial charge in [-0.1, -0.05) is 30.3 Å². The first kappa shape index (κ1) is 17.5. The summed E-state index contributed by atoms with van der Waals surface area (Å²) in [6, 6.07) is 7.53. The van der Waals surface area contributed by atoms with Gasteiger partial charge >= 0.3 is 11.9 Å². The summed E-state index contributed by atoms with van der Waals surface area (Å²) in [5, 5.41) is 19.0. The van der Waals surface area contributed by atoms with Crippen LogP contribution in [0.2, 0.25) is 0 Å². The summed E-state index contributed by atoms with van der Waals surface area (Å²) >= 11 is 1.32. The van der Waals surface area contributed by atoms with Crippen LogP contribution in [0, 0.1) is 0 Å². The topological polar surface area (TPSA) is 130 Å². The third-order valence-corrected chi connectivity index (χ3v) is 5.38. The maximum absolute atomic E-state index is 12.0. The standard InChI is InChI=1S/C16H16N2O6S/c17-10-13(20)18-11(15(21)22)9(7-25-14(10)18)6-24-16(23)12(19)8-4-2-1-3-5-8/h1-5,10,12,14,19H,6-7,17H2,(H,21,22)/t10-,12?,14-/m1/s1. The summed E-state index contributed by atoms with van der Waals surface area (Å²) in [6.07, 6.45) is -1.46. The lowest BCUT2D eigenvalue weighted by molar-refractivity contribution is -0.153. The van der Waals surface area contributed by atoms with Crippen LogP contribution in [0.1, 0.15) is 11.7 Å². The molecular weight excluding hydrogens is 348 g/mol. The van der Waals surface area contributed by atoms with Crippen molar-refractivity contribution in [2.75, 3.05) is 12.4 Å². The van der Waals surface area contributed by atoms with Crippen molar-refractivity contribution in [1.29, 1.82) is 0 Å². The van der Waals surface area contributed by atoms with Crippen LogP contribution >= 0.6 is 11.8 Å². The first-order chi connectivity index (χ1) is 11.9. The van der Waals surface area contributed by atoms with Crippen molar-refractivity contribution < 1.29 is 29.3 Å². The number of amides is 1. The predicted molar refractivity (Wildman–Crippen MR) is 88.1 cm³/mol. The molecule has 1 aromatic rings. The van der Waals surface area contributed by atoms with Gasteiger partial charge in [0.05, 0.1) is 0 Å². The van der Waals surface area contributed by atoms with Gasteiger partial charge in [0.2, 0.25) is 5.91 Å². The number of thioether (sulfide) groups is 1. The number of β-lactam (4-membered cyclic amide) rings is 1. The molecule has 1 saturated heterocycles. The van der Waals surface area contributed by atoms with Crippen molar-refractivity contribution >= 4 is 29.6 Å². The second-order valence-electron chi connectivity index (χ2n) is 5.61. The van der Waals surface area contributed by atoms with Gasteiger partial charge in [-0.05, 0) is 5.56 Å². The van der Waals surface area contributed by atoms with E-state index in [0.29, 0.717) is 11.1 Å². The molecule has 2 aliphatic rings. The highest BCUT2D eigenvalue weighted by Gasteiger charge is 2.51. The monoisotopic (exact) mass is 364 g/mol. The quantitative estimate of drug-likeness (QED) is 0.485. The second-order valence-corrected chi connectivity index (χ2v) is 6.72. The van der Waals surface area contributed by atoms with Crippen LogP contribution in [0.5, 0.6) is 0 Å². The van der Waals surface area contributed by atoms with E-state index in [0.717, 1.165) is 4.90 Å². The Hall–Kier alpha value is -2.36. The first-order valence-electron chi connectivity index (χ1n) is 7.47. The molecule has 1 aromatic carbocycles. The number of rotatable bonds is 5. The lowest BCUT2D eigenvalue weighted by Gasteiger charge is -2.47. The van der Waals surface area contributed by atoms with Gasteiger partial charge in [-0.25, -0.2) is 9.59 Å². The molecule has 2 heterocycles. The van der Waals surface area contributed by atoms with Gasteiger partial charge in [-0.15, -0.1) is 11.8 Å². The minimum atomic E-state index is -1.46. The number of nitrogens with two attached hydrogens (primary N) is 1. The fourth-order valence-corrected chi connectivity index (χ4v) is 3.97. The SMILES string of the molecule is N[C@@H]1C(=O)N2C(C(=O)O)=C(COC(=O)C(O)c3ccccc3)CS[C@H]12. The van der Waals surface area contributed by atoms with Crippen molar-refractivity contribution in [2.24, 2.45) is 5.73 Å². The molecule has 0 saturated carbocycles. The van der Waals surface area contributed by atoms with Gasteiger partial charge in [0.15, 0.2) is 6.10 Å². The van der Waals surface area contributed by atoms with E-state index in [1.807, 2.05) is 0 Å². The fraction of sp³-hybridized carbons (Fsp3) is 0.312. The smallest absolute Gasteiger partial charge is 0.352 e. The molecule has 0 bridgehead atoms. The van der Waals surface area contributed by atoms with E-state index >= 15 is 0 Å². The number of carbonyl (C=O) groups excluding carboxylic acids is 2. The summed E-state index contributed by atoms with van der Waals surface area (Å²) in [5.74, 6) is -2.36.